The van der Waals surface area contributed by atoms with Gasteiger partial charge in [-0.25, -0.2) is 0 Å². The zero-order chi connectivity index (χ0) is 11.5. The molecule has 0 bridgehead atoms. The van der Waals surface area contributed by atoms with Crippen LogP contribution in [0.3, 0.4) is 0 Å². The van der Waals surface area contributed by atoms with Crippen LogP contribution in [0.4, 0.5) is 0 Å². The van der Waals surface area contributed by atoms with Gasteiger partial charge >= 0.3 is 0 Å². The summed E-state index contributed by atoms with van der Waals surface area (Å²) in [6.07, 6.45) is 2.86. The number of pyridine rings is 1. The average Bonchev–Trinajstić information content (AvgIpc) is 2.29. The SMILES string of the molecule is O=C(c1ccccc1Cl)c1c[nH]ccc1=O. The number of benzene rings is 1. The Hall–Kier alpha value is -1.87. The molecule has 0 aliphatic heterocycles. The molecule has 1 N–H and O–H groups in total. The number of aromatic nitrogens is 1. The van der Waals surface area contributed by atoms with Gasteiger partial charge in [-0.3, -0.25) is 9.59 Å². The first-order valence-electron chi connectivity index (χ1n) is 4.66. The van der Waals surface area contributed by atoms with Crippen LogP contribution < -0.4 is 5.43 Å². The molecule has 0 amide bonds. The van der Waals surface area contributed by atoms with Crippen LogP contribution >= 0.6 is 11.6 Å². The molecule has 1 heterocycles. The van der Waals surface area contributed by atoms with Crippen LogP contribution in [0, 0.1) is 0 Å². The van der Waals surface area contributed by atoms with Crippen molar-refractivity contribution in [3.8, 4) is 0 Å². The van der Waals surface area contributed by atoms with E-state index in [1.54, 1.807) is 24.3 Å². The summed E-state index contributed by atoms with van der Waals surface area (Å²) in [5.41, 5.74) is 0.111. The van der Waals surface area contributed by atoms with Gasteiger partial charge in [0.15, 0.2) is 11.2 Å². The van der Waals surface area contributed by atoms with Crippen LogP contribution in [0.5, 0.6) is 0 Å². The summed E-state index contributed by atoms with van der Waals surface area (Å²) < 4.78 is 0. The van der Waals surface area contributed by atoms with Crippen molar-refractivity contribution in [3.63, 3.8) is 0 Å². The number of halogens is 1. The molecule has 0 aliphatic rings. The second-order valence-electron chi connectivity index (χ2n) is 3.23. The van der Waals surface area contributed by atoms with E-state index in [0.717, 1.165) is 0 Å². The van der Waals surface area contributed by atoms with Crippen LogP contribution in [0.1, 0.15) is 15.9 Å². The molecule has 16 heavy (non-hydrogen) atoms. The lowest BCUT2D eigenvalue weighted by Gasteiger charge is -2.01. The van der Waals surface area contributed by atoms with Crippen molar-refractivity contribution in [1.29, 1.82) is 0 Å². The molecule has 2 aromatic rings. The van der Waals surface area contributed by atoms with E-state index < -0.39 is 0 Å². The normalized spacial score (nSPS) is 10.1. The molecule has 3 nitrogen and oxygen atoms in total. The largest absolute Gasteiger partial charge is 0.367 e. The van der Waals surface area contributed by atoms with E-state index >= 15 is 0 Å². The molecule has 0 saturated carbocycles. The lowest BCUT2D eigenvalue weighted by atomic mass is 10.1. The Morgan fingerprint density at radius 3 is 2.56 bits per heavy atom. The predicted molar refractivity (Wildman–Crippen MR) is 61.9 cm³/mol. The minimum absolute atomic E-state index is 0.0931. The van der Waals surface area contributed by atoms with E-state index in [-0.39, 0.29) is 16.8 Å². The van der Waals surface area contributed by atoms with Gasteiger partial charge in [0.1, 0.15) is 0 Å². The van der Waals surface area contributed by atoms with Gasteiger partial charge in [0.2, 0.25) is 0 Å². The summed E-state index contributed by atoms with van der Waals surface area (Å²) in [5.74, 6) is -0.368. The Morgan fingerprint density at radius 1 is 1.12 bits per heavy atom. The molecule has 0 atom stereocenters. The highest BCUT2D eigenvalue weighted by atomic mass is 35.5. The van der Waals surface area contributed by atoms with E-state index in [1.807, 2.05) is 0 Å². The van der Waals surface area contributed by atoms with Gasteiger partial charge in [0.25, 0.3) is 0 Å². The van der Waals surface area contributed by atoms with Crippen molar-refractivity contribution in [2.75, 3.05) is 0 Å². The zero-order valence-electron chi connectivity index (χ0n) is 8.24. The molecule has 1 aromatic carbocycles. The fraction of sp³-hybridized carbons (Fsp3) is 0. The molecule has 0 aliphatic carbocycles. The molecule has 4 heteroatoms. The minimum atomic E-state index is -0.368. The van der Waals surface area contributed by atoms with Crippen molar-refractivity contribution in [2.24, 2.45) is 0 Å². The van der Waals surface area contributed by atoms with E-state index in [0.29, 0.717) is 10.6 Å². The van der Waals surface area contributed by atoms with Crippen LogP contribution in [-0.4, -0.2) is 10.8 Å². The third-order valence-corrected chi connectivity index (χ3v) is 2.52. The Balaban J connectivity index is 2.53. The van der Waals surface area contributed by atoms with Gasteiger partial charge in [-0.15, -0.1) is 0 Å². The van der Waals surface area contributed by atoms with Crippen LogP contribution in [0.15, 0.2) is 47.5 Å². The van der Waals surface area contributed by atoms with Gasteiger partial charge in [0, 0.05) is 24.0 Å². The fourth-order valence-corrected chi connectivity index (χ4v) is 1.61. The van der Waals surface area contributed by atoms with E-state index in [9.17, 15) is 9.59 Å². The van der Waals surface area contributed by atoms with Crippen LogP contribution in [0.25, 0.3) is 0 Å². The van der Waals surface area contributed by atoms with Gasteiger partial charge in [-0.05, 0) is 12.1 Å². The molecule has 0 spiro atoms. The van der Waals surface area contributed by atoms with E-state index in [4.69, 9.17) is 11.6 Å². The van der Waals surface area contributed by atoms with Gasteiger partial charge in [0.05, 0.1) is 10.6 Å². The van der Waals surface area contributed by atoms with Gasteiger partial charge in [-0.2, -0.15) is 0 Å². The maximum Gasteiger partial charge on any atom is 0.199 e. The maximum atomic E-state index is 12.0. The first kappa shape index (κ1) is 10.6. The van der Waals surface area contributed by atoms with Crippen molar-refractivity contribution in [2.45, 2.75) is 0 Å². The van der Waals surface area contributed by atoms with E-state index in [1.165, 1.54) is 18.5 Å². The van der Waals surface area contributed by atoms with Gasteiger partial charge in [-0.1, -0.05) is 23.7 Å². The molecule has 0 unspecified atom stereocenters. The number of nitrogens with one attached hydrogen (secondary N) is 1. The van der Waals surface area contributed by atoms with Crippen molar-refractivity contribution in [3.05, 3.63) is 69.1 Å². The molecule has 2 rings (SSSR count). The van der Waals surface area contributed by atoms with Crippen molar-refractivity contribution >= 4 is 17.4 Å². The number of carbonyl (C=O) groups excluding carboxylic acids is 1. The zero-order valence-corrected chi connectivity index (χ0v) is 8.99. The highest BCUT2D eigenvalue weighted by Crippen LogP contribution is 2.17. The summed E-state index contributed by atoms with van der Waals surface area (Å²) in [6.45, 7) is 0. The number of rotatable bonds is 2. The topological polar surface area (TPSA) is 49.9 Å². The standard InChI is InChI=1S/C12H8ClNO2/c13-10-4-2-1-3-8(10)12(16)9-7-14-6-5-11(9)15/h1-7H,(H,14,15). The molecule has 0 radical (unpaired) electrons. The second kappa shape index (κ2) is 4.33. The quantitative estimate of drug-likeness (QED) is 0.809. The lowest BCUT2D eigenvalue weighted by Crippen LogP contribution is -2.15. The van der Waals surface area contributed by atoms with Crippen molar-refractivity contribution < 1.29 is 4.79 Å². The van der Waals surface area contributed by atoms with Crippen molar-refractivity contribution in [1.82, 2.24) is 4.98 Å². The average molecular weight is 234 g/mol. The summed E-state index contributed by atoms with van der Waals surface area (Å²) in [7, 11) is 0. The Morgan fingerprint density at radius 2 is 1.88 bits per heavy atom. The summed E-state index contributed by atoms with van der Waals surface area (Å²) in [5, 5.41) is 0.343. The first-order chi connectivity index (χ1) is 7.70. The van der Waals surface area contributed by atoms with E-state index in [2.05, 4.69) is 4.98 Å². The molecular formula is C12H8ClNO2. The number of ketones is 1. The monoisotopic (exact) mass is 233 g/mol. The fourth-order valence-electron chi connectivity index (χ4n) is 1.38. The summed E-state index contributed by atoms with van der Waals surface area (Å²) in [6, 6.07) is 7.96. The van der Waals surface area contributed by atoms with Gasteiger partial charge < -0.3 is 4.98 Å². The Kier molecular flexibility index (Phi) is 2.88. The number of aromatic amines is 1. The first-order valence-corrected chi connectivity index (χ1v) is 5.04. The van der Waals surface area contributed by atoms with Crippen LogP contribution in [0.2, 0.25) is 5.02 Å². The molecular weight excluding hydrogens is 226 g/mol. The highest BCUT2D eigenvalue weighted by molar-refractivity contribution is 6.34. The molecule has 1 aromatic heterocycles. The number of hydrogen-bond acceptors (Lipinski definition) is 2. The summed E-state index contributed by atoms with van der Waals surface area (Å²) >= 11 is 5.89. The minimum Gasteiger partial charge on any atom is -0.367 e. The number of carbonyl (C=O) groups is 1. The maximum absolute atomic E-state index is 12.0. The highest BCUT2D eigenvalue weighted by Gasteiger charge is 2.14. The number of hydrogen-bond donors (Lipinski definition) is 1. The predicted octanol–water partition coefficient (Wildman–Crippen LogP) is 2.26. The Bertz CT molecular complexity index is 589. The number of H-pyrrole nitrogens is 1. The van der Waals surface area contributed by atoms with Crippen LogP contribution in [-0.2, 0) is 0 Å². The second-order valence-corrected chi connectivity index (χ2v) is 3.64. The summed E-state index contributed by atoms with van der Waals surface area (Å²) in [4.78, 5) is 26.2. The third kappa shape index (κ3) is 1.90. The molecule has 0 saturated heterocycles. The Labute approximate surface area is 96.7 Å². The third-order valence-electron chi connectivity index (χ3n) is 2.19. The smallest absolute Gasteiger partial charge is 0.199 e. The molecule has 80 valence electrons. The molecule has 0 fully saturated rings. The lowest BCUT2D eigenvalue weighted by molar-refractivity contribution is 0.103.